The number of nitrogens with two attached hydrogens (primary N) is 1. The molecule has 1 amide bonds. The van der Waals surface area contributed by atoms with E-state index < -0.39 is 5.54 Å². The molecule has 0 aliphatic carbocycles. The minimum absolute atomic E-state index is 0.266. The molecule has 0 saturated carbocycles. The Labute approximate surface area is 131 Å². The van der Waals surface area contributed by atoms with Crippen molar-refractivity contribution in [2.45, 2.75) is 18.4 Å². The fourth-order valence-corrected chi connectivity index (χ4v) is 3.88. The first kappa shape index (κ1) is 14.2. The largest absolute Gasteiger partial charge is 0.370 e. The number of rotatable bonds is 3. The van der Waals surface area contributed by atoms with Crippen LogP contribution in [-0.2, 0) is 4.79 Å². The monoisotopic (exact) mass is 357 g/mol. The molecule has 0 radical (unpaired) electrons. The average Bonchev–Trinajstić information content (AvgIpc) is 2.44. The number of nitrogens with one attached hydrogen (secondary N) is 1. The van der Waals surface area contributed by atoms with Gasteiger partial charge < -0.3 is 16.0 Å². The molecule has 20 heavy (non-hydrogen) atoms. The van der Waals surface area contributed by atoms with Crippen LogP contribution in [0.5, 0.6) is 0 Å². The normalized spacial score (nSPS) is 32.1. The predicted octanol–water partition coefficient (Wildman–Crippen LogP) is 2.46. The third kappa shape index (κ3) is 2.32. The zero-order chi connectivity index (χ0) is 14.3. The van der Waals surface area contributed by atoms with Crippen molar-refractivity contribution in [3.63, 3.8) is 0 Å². The fraction of sp³-hybridized carbons (Fsp3) is 0.500. The van der Waals surface area contributed by atoms with Gasteiger partial charge in [0.05, 0.1) is 5.02 Å². The lowest BCUT2D eigenvalue weighted by Gasteiger charge is -2.52. The van der Waals surface area contributed by atoms with Crippen LogP contribution in [0.1, 0.15) is 12.8 Å². The Morgan fingerprint density at radius 2 is 2.15 bits per heavy atom. The van der Waals surface area contributed by atoms with Gasteiger partial charge in [0, 0.05) is 16.7 Å². The molecule has 0 aromatic heterocycles. The minimum Gasteiger partial charge on any atom is -0.370 e. The van der Waals surface area contributed by atoms with E-state index in [0.29, 0.717) is 17.5 Å². The lowest BCUT2D eigenvalue weighted by atomic mass is 9.72. The van der Waals surface area contributed by atoms with Crippen molar-refractivity contribution in [1.29, 1.82) is 0 Å². The number of fused-ring (bicyclic) bond motifs is 3. The van der Waals surface area contributed by atoms with Gasteiger partial charge in [-0.2, -0.15) is 0 Å². The first-order chi connectivity index (χ1) is 9.51. The molecule has 4 rings (SSSR count). The third-order valence-electron chi connectivity index (χ3n) is 4.48. The summed E-state index contributed by atoms with van der Waals surface area (Å²) in [6.45, 7) is 2.81. The Kier molecular flexibility index (Phi) is 3.69. The minimum atomic E-state index is -0.663. The molecule has 1 aromatic carbocycles. The Bertz CT molecular complexity index is 545. The maximum atomic E-state index is 12.1. The fourth-order valence-electron chi connectivity index (χ4n) is 3.38. The smallest absolute Gasteiger partial charge is 0.244 e. The van der Waals surface area contributed by atoms with Gasteiger partial charge in [-0.15, -0.1) is 0 Å². The van der Waals surface area contributed by atoms with Gasteiger partial charge in [0.25, 0.3) is 0 Å². The predicted molar refractivity (Wildman–Crippen MR) is 83.9 cm³/mol. The molecule has 6 heteroatoms. The van der Waals surface area contributed by atoms with Crippen LogP contribution in [0.25, 0.3) is 0 Å². The van der Waals surface area contributed by atoms with Crippen LogP contribution in [0.15, 0.2) is 22.7 Å². The number of anilines is 1. The molecule has 3 N–H and O–H groups in total. The molecule has 3 fully saturated rings. The van der Waals surface area contributed by atoms with E-state index >= 15 is 0 Å². The average molecular weight is 359 g/mol. The Morgan fingerprint density at radius 1 is 1.45 bits per heavy atom. The summed E-state index contributed by atoms with van der Waals surface area (Å²) in [6.07, 6.45) is 2.04. The van der Waals surface area contributed by atoms with E-state index in [4.69, 9.17) is 17.3 Å². The van der Waals surface area contributed by atoms with Gasteiger partial charge in [0.2, 0.25) is 5.91 Å². The first-order valence-electron chi connectivity index (χ1n) is 6.77. The molecule has 3 aliphatic heterocycles. The third-order valence-corrected chi connectivity index (χ3v) is 5.70. The molecule has 3 heterocycles. The highest BCUT2D eigenvalue weighted by atomic mass is 79.9. The Hall–Kier alpha value is -0.780. The number of benzene rings is 1. The molecular formula is C14H17BrClN3O. The zero-order valence-corrected chi connectivity index (χ0v) is 13.4. The molecule has 108 valence electrons. The van der Waals surface area contributed by atoms with E-state index in [0.717, 1.165) is 36.1 Å². The summed E-state index contributed by atoms with van der Waals surface area (Å²) in [6, 6.07) is 5.59. The van der Waals surface area contributed by atoms with Crippen molar-refractivity contribution in [3.8, 4) is 0 Å². The van der Waals surface area contributed by atoms with E-state index in [-0.39, 0.29) is 5.91 Å². The van der Waals surface area contributed by atoms with E-state index in [9.17, 15) is 4.79 Å². The number of carbonyl (C=O) groups excluding carboxylic acids is 1. The van der Waals surface area contributed by atoms with Crippen LogP contribution >= 0.6 is 27.5 Å². The molecule has 1 unspecified atom stereocenters. The highest BCUT2D eigenvalue weighted by molar-refractivity contribution is 9.10. The van der Waals surface area contributed by atoms with Gasteiger partial charge in [-0.05, 0) is 66.0 Å². The van der Waals surface area contributed by atoms with Gasteiger partial charge in [0.15, 0.2) is 0 Å². The summed E-state index contributed by atoms with van der Waals surface area (Å²) in [5.41, 5.74) is 5.94. The van der Waals surface area contributed by atoms with Crippen molar-refractivity contribution >= 4 is 39.1 Å². The molecule has 1 atom stereocenters. The van der Waals surface area contributed by atoms with E-state index in [1.807, 2.05) is 18.2 Å². The number of piperidine rings is 3. The molecule has 1 aromatic rings. The summed E-state index contributed by atoms with van der Waals surface area (Å²) in [5, 5.41) is 4.04. The summed E-state index contributed by atoms with van der Waals surface area (Å²) in [7, 11) is 0. The van der Waals surface area contributed by atoms with Crippen LogP contribution < -0.4 is 11.1 Å². The number of nitrogens with zero attached hydrogens (tertiary/aromatic N) is 1. The Morgan fingerprint density at radius 3 is 2.65 bits per heavy atom. The highest BCUT2D eigenvalue weighted by Gasteiger charge is 2.51. The highest BCUT2D eigenvalue weighted by Crippen LogP contribution is 2.38. The van der Waals surface area contributed by atoms with Crippen molar-refractivity contribution in [3.05, 3.63) is 27.7 Å². The summed E-state index contributed by atoms with van der Waals surface area (Å²) in [4.78, 5) is 14.4. The van der Waals surface area contributed by atoms with Crippen LogP contribution in [0, 0.1) is 5.92 Å². The molecular weight excluding hydrogens is 342 g/mol. The van der Waals surface area contributed by atoms with Crippen molar-refractivity contribution in [2.24, 2.45) is 11.7 Å². The SMILES string of the molecule is NC(=O)C1(Nc2ccc(Cl)c(Br)c2)CN2CCC1CC2. The number of hydrogen-bond acceptors (Lipinski definition) is 3. The van der Waals surface area contributed by atoms with Crippen molar-refractivity contribution in [1.82, 2.24) is 4.90 Å². The lowest BCUT2D eigenvalue weighted by Crippen LogP contribution is -2.68. The van der Waals surface area contributed by atoms with E-state index in [1.54, 1.807) is 0 Å². The number of halogens is 2. The molecule has 0 spiro atoms. The lowest BCUT2D eigenvalue weighted by molar-refractivity contribution is -0.128. The van der Waals surface area contributed by atoms with Crippen molar-refractivity contribution in [2.75, 3.05) is 25.0 Å². The Balaban J connectivity index is 1.92. The molecule has 4 nitrogen and oxygen atoms in total. The zero-order valence-electron chi connectivity index (χ0n) is 11.0. The molecule has 3 aliphatic rings. The second-order valence-electron chi connectivity index (χ2n) is 5.64. The second-order valence-corrected chi connectivity index (χ2v) is 6.90. The van der Waals surface area contributed by atoms with Crippen LogP contribution in [0.4, 0.5) is 5.69 Å². The van der Waals surface area contributed by atoms with Crippen LogP contribution in [0.3, 0.4) is 0 Å². The standard InChI is InChI=1S/C14H17BrClN3O/c15-11-7-10(1-2-12(11)16)18-14(13(17)20)8-19-5-3-9(14)4-6-19/h1-2,7,9,18H,3-6,8H2,(H2,17,20). The second kappa shape index (κ2) is 5.20. The number of amides is 1. The van der Waals surface area contributed by atoms with Gasteiger partial charge >= 0.3 is 0 Å². The number of hydrogen-bond donors (Lipinski definition) is 2. The summed E-state index contributed by atoms with van der Waals surface area (Å²) in [5.74, 6) is 0.0393. The van der Waals surface area contributed by atoms with Gasteiger partial charge in [-0.1, -0.05) is 11.6 Å². The summed E-state index contributed by atoms with van der Waals surface area (Å²) >= 11 is 9.42. The van der Waals surface area contributed by atoms with Gasteiger partial charge in [-0.25, -0.2) is 0 Å². The van der Waals surface area contributed by atoms with Gasteiger partial charge in [0.1, 0.15) is 5.54 Å². The van der Waals surface area contributed by atoms with Crippen LogP contribution in [0.2, 0.25) is 5.02 Å². The van der Waals surface area contributed by atoms with E-state index in [1.165, 1.54) is 0 Å². The van der Waals surface area contributed by atoms with Gasteiger partial charge in [-0.3, -0.25) is 4.79 Å². The van der Waals surface area contributed by atoms with E-state index in [2.05, 4.69) is 26.1 Å². The maximum absolute atomic E-state index is 12.1. The maximum Gasteiger partial charge on any atom is 0.244 e. The molecule has 3 saturated heterocycles. The summed E-state index contributed by atoms with van der Waals surface area (Å²) < 4.78 is 0.810. The number of carbonyl (C=O) groups is 1. The quantitative estimate of drug-likeness (QED) is 0.872. The topological polar surface area (TPSA) is 58.4 Å². The number of primary amides is 1. The first-order valence-corrected chi connectivity index (χ1v) is 7.94. The van der Waals surface area contributed by atoms with Crippen molar-refractivity contribution < 1.29 is 4.79 Å². The molecule has 2 bridgehead atoms. The van der Waals surface area contributed by atoms with Crippen LogP contribution in [-0.4, -0.2) is 36.0 Å².